The van der Waals surface area contributed by atoms with Gasteiger partial charge in [-0.15, -0.1) is 0 Å². The molecular formula is C17H19F3N2O3. The van der Waals surface area contributed by atoms with E-state index in [0.29, 0.717) is 17.1 Å². The van der Waals surface area contributed by atoms with E-state index in [9.17, 15) is 18.0 Å². The fourth-order valence-electron chi connectivity index (χ4n) is 2.94. The average molecular weight is 356 g/mol. The maximum atomic E-state index is 13.5. The Morgan fingerprint density at radius 1 is 1.16 bits per heavy atom. The summed E-state index contributed by atoms with van der Waals surface area (Å²) < 4.78 is 45.3. The lowest BCUT2D eigenvalue weighted by molar-refractivity contribution is -0.139. The number of benzene rings is 1. The molecule has 0 spiro atoms. The third-order valence-electron chi connectivity index (χ3n) is 3.95. The molecule has 0 radical (unpaired) electrons. The van der Waals surface area contributed by atoms with E-state index in [1.165, 1.54) is 32.4 Å². The first-order valence-electron chi connectivity index (χ1n) is 7.44. The summed E-state index contributed by atoms with van der Waals surface area (Å²) in [5.74, 6) is -1.72. The predicted molar refractivity (Wildman–Crippen MR) is 84.9 cm³/mol. The molecule has 0 aromatic heterocycles. The van der Waals surface area contributed by atoms with Crippen molar-refractivity contribution in [1.29, 1.82) is 0 Å². The Hall–Kier alpha value is -2.48. The SMILES string of the molecule is CONC1=C(C)NC(C)=C(C(=O)OC)[C@@H]1c1ccccc1C(F)(F)F. The van der Waals surface area contributed by atoms with Crippen molar-refractivity contribution in [2.45, 2.75) is 25.9 Å². The first kappa shape index (κ1) is 18.9. The Morgan fingerprint density at radius 2 is 1.80 bits per heavy atom. The van der Waals surface area contributed by atoms with Crippen LogP contribution in [0.3, 0.4) is 0 Å². The standard InChI is InChI=1S/C17H19F3N2O3/c1-9-13(16(23)24-3)14(15(22-25-4)10(2)21-9)11-7-5-6-8-12(11)17(18,19)20/h5-8,14,21-22H,1-4H3/t14-/m0/s1. The minimum atomic E-state index is -4.57. The molecule has 0 amide bonds. The van der Waals surface area contributed by atoms with Gasteiger partial charge in [-0.05, 0) is 25.5 Å². The van der Waals surface area contributed by atoms with Crippen LogP contribution in [0.15, 0.2) is 46.9 Å². The fraction of sp³-hybridized carbons (Fsp3) is 0.353. The molecule has 0 bridgehead atoms. The van der Waals surface area contributed by atoms with E-state index in [0.717, 1.165) is 6.07 Å². The summed E-state index contributed by atoms with van der Waals surface area (Å²) >= 11 is 0. The van der Waals surface area contributed by atoms with Gasteiger partial charge in [-0.25, -0.2) is 4.79 Å². The summed E-state index contributed by atoms with van der Waals surface area (Å²) in [6.07, 6.45) is -4.57. The molecule has 1 heterocycles. The molecule has 8 heteroatoms. The second kappa shape index (κ2) is 7.18. The molecule has 0 fully saturated rings. The van der Waals surface area contributed by atoms with Gasteiger partial charge in [0.15, 0.2) is 0 Å². The largest absolute Gasteiger partial charge is 0.466 e. The van der Waals surface area contributed by atoms with Crippen LogP contribution in [0, 0.1) is 0 Å². The van der Waals surface area contributed by atoms with Crippen LogP contribution < -0.4 is 10.8 Å². The number of esters is 1. The zero-order chi connectivity index (χ0) is 18.8. The van der Waals surface area contributed by atoms with E-state index in [1.807, 2.05) is 0 Å². The predicted octanol–water partition coefficient (Wildman–Crippen LogP) is 3.22. The zero-order valence-corrected chi connectivity index (χ0v) is 14.2. The normalized spacial score (nSPS) is 18.1. The monoisotopic (exact) mass is 356 g/mol. The van der Waals surface area contributed by atoms with E-state index in [1.54, 1.807) is 13.8 Å². The molecule has 2 rings (SSSR count). The molecule has 1 aromatic rings. The number of hydroxylamine groups is 1. The smallest absolute Gasteiger partial charge is 0.416 e. The number of allylic oxidation sites excluding steroid dienone is 3. The lowest BCUT2D eigenvalue weighted by atomic mass is 9.82. The van der Waals surface area contributed by atoms with Crippen molar-refractivity contribution in [3.63, 3.8) is 0 Å². The van der Waals surface area contributed by atoms with Crippen molar-refractivity contribution in [3.8, 4) is 0 Å². The molecule has 1 aliphatic rings. The Morgan fingerprint density at radius 3 is 2.36 bits per heavy atom. The highest BCUT2D eigenvalue weighted by atomic mass is 19.4. The van der Waals surface area contributed by atoms with Crippen LogP contribution in [-0.2, 0) is 20.5 Å². The summed E-state index contributed by atoms with van der Waals surface area (Å²) in [6, 6.07) is 5.14. The Kier molecular flexibility index (Phi) is 5.42. The average Bonchev–Trinajstić information content (AvgIpc) is 2.55. The summed E-state index contributed by atoms with van der Waals surface area (Å²) in [4.78, 5) is 17.2. The maximum Gasteiger partial charge on any atom is 0.416 e. The molecule has 2 N–H and O–H groups in total. The van der Waals surface area contributed by atoms with Crippen molar-refractivity contribution in [3.05, 3.63) is 58.1 Å². The Bertz CT molecular complexity index is 739. The van der Waals surface area contributed by atoms with Crippen LogP contribution in [-0.4, -0.2) is 20.2 Å². The van der Waals surface area contributed by atoms with Crippen LogP contribution in [0.5, 0.6) is 0 Å². The van der Waals surface area contributed by atoms with Crippen molar-refractivity contribution < 1.29 is 27.5 Å². The number of methoxy groups -OCH3 is 1. The van der Waals surface area contributed by atoms with Gasteiger partial charge < -0.3 is 10.1 Å². The summed E-state index contributed by atoms with van der Waals surface area (Å²) in [6.45, 7) is 3.30. The number of hydrogen-bond donors (Lipinski definition) is 2. The fourth-order valence-corrected chi connectivity index (χ4v) is 2.94. The van der Waals surface area contributed by atoms with Crippen LogP contribution in [0.2, 0.25) is 0 Å². The summed E-state index contributed by atoms with van der Waals surface area (Å²) in [5, 5.41) is 2.97. The molecule has 0 saturated carbocycles. The number of rotatable bonds is 4. The molecule has 1 aliphatic heterocycles. The minimum absolute atomic E-state index is 0.0600. The van der Waals surface area contributed by atoms with Crippen LogP contribution in [0.25, 0.3) is 0 Å². The van der Waals surface area contributed by atoms with Gasteiger partial charge in [-0.3, -0.25) is 10.3 Å². The van der Waals surface area contributed by atoms with Gasteiger partial charge in [0.05, 0.1) is 37.0 Å². The molecule has 25 heavy (non-hydrogen) atoms. The molecule has 1 aromatic carbocycles. The van der Waals surface area contributed by atoms with Gasteiger partial charge in [0.1, 0.15) is 0 Å². The second-order valence-electron chi connectivity index (χ2n) is 5.52. The van der Waals surface area contributed by atoms with Crippen molar-refractivity contribution in [2.24, 2.45) is 0 Å². The number of carbonyl (C=O) groups excluding carboxylic acids is 1. The molecule has 5 nitrogen and oxygen atoms in total. The molecule has 0 aliphatic carbocycles. The van der Waals surface area contributed by atoms with Crippen LogP contribution in [0.4, 0.5) is 13.2 Å². The van der Waals surface area contributed by atoms with Crippen molar-refractivity contribution in [1.82, 2.24) is 10.8 Å². The number of dihydropyridines is 1. The number of carbonyl (C=O) groups is 1. The van der Waals surface area contributed by atoms with E-state index in [-0.39, 0.29) is 11.1 Å². The van der Waals surface area contributed by atoms with Gasteiger partial charge in [0, 0.05) is 11.4 Å². The zero-order valence-electron chi connectivity index (χ0n) is 14.2. The molecular weight excluding hydrogens is 337 g/mol. The lowest BCUT2D eigenvalue weighted by Crippen LogP contribution is -2.34. The molecule has 0 saturated heterocycles. The topological polar surface area (TPSA) is 59.6 Å². The third-order valence-corrected chi connectivity index (χ3v) is 3.95. The number of halogens is 3. The Labute approximate surface area is 143 Å². The van der Waals surface area contributed by atoms with E-state index < -0.39 is 23.6 Å². The van der Waals surface area contributed by atoms with E-state index in [2.05, 4.69) is 10.8 Å². The highest BCUT2D eigenvalue weighted by molar-refractivity contribution is 5.92. The highest BCUT2D eigenvalue weighted by Gasteiger charge is 2.41. The lowest BCUT2D eigenvalue weighted by Gasteiger charge is -2.32. The van der Waals surface area contributed by atoms with Gasteiger partial charge >= 0.3 is 12.1 Å². The summed E-state index contributed by atoms with van der Waals surface area (Å²) in [5.41, 5.74) is 3.09. The number of nitrogens with one attached hydrogen (secondary N) is 2. The number of ether oxygens (including phenoxy) is 1. The second-order valence-corrected chi connectivity index (χ2v) is 5.52. The van der Waals surface area contributed by atoms with Crippen LogP contribution in [0.1, 0.15) is 30.9 Å². The van der Waals surface area contributed by atoms with Crippen molar-refractivity contribution in [2.75, 3.05) is 14.2 Å². The van der Waals surface area contributed by atoms with Crippen LogP contribution >= 0.6 is 0 Å². The Balaban J connectivity index is 2.75. The molecule has 136 valence electrons. The molecule has 0 unspecified atom stereocenters. The van der Waals surface area contributed by atoms with Gasteiger partial charge in [0.2, 0.25) is 0 Å². The van der Waals surface area contributed by atoms with Crippen molar-refractivity contribution >= 4 is 5.97 Å². The number of hydrogen-bond acceptors (Lipinski definition) is 5. The highest BCUT2D eigenvalue weighted by Crippen LogP contribution is 2.43. The first-order chi connectivity index (χ1) is 11.7. The summed E-state index contributed by atoms with van der Waals surface area (Å²) in [7, 11) is 2.53. The van der Waals surface area contributed by atoms with E-state index >= 15 is 0 Å². The molecule has 1 atom stereocenters. The quantitative estimate of drug-likeness (QED) is 0.641. The van der Waals surface area contributed by atoms with Gasteiger partial charge in [0.25, 0.3) is 0 Å². The van der Waals surface area contributed by atoms with E-state index in [4.69, 9.17) is 9.57 Å². The first-order valence-corrected chi connectivity index (χ1v) is 7.44. The van der Waals surface area contributed by atoms with Gasteiger partial charge in [-0.2, -0.15) is 13.2 Å². The third kappa shape index (κ3) is 3.63. The van der Waals surface area contributed by atoms with Gasteiger partial charge in [-0.1, -0.05) is 18.2 Å². The minimum Gasteiger partial charge on any atom is -0.466 e. The maximum absolute atomic E-state index is 13.5. The number of alkyl halides is 3.